The molecule has 1 aliphatic rings. The van der Waals surface area contributed by atoms with Gasteiger partial charge >= 0.3 is 0 Å². The largest absolute Gasteiger partial charge is 0.351 e. The summed E-state index contributed by atoms with van der Waals surface area (Å²) in [6, 6.07) is 11.7. The molecule has 0 unspecified atom stereocenters. The number of hydrogen-bond acceptors (Lipinski definition) is 5. The Morgan fingerprint density at radius 1 is 1.27 bits per heavy atom. The van der Waals surface area contributed by atoms with Gasteiger partial charge in [0, 0.05) is 33.2 Å². The van der Waals surface area contributed by atoms with Gasteiger partial charge in [0.1, 0.15) is 0 Å². The van der Waals surface area contributed by atoms with Crippen LogP contribution in [0, 0.1) is 17.5 Å². The minimum atomic E-state index is 0.363. The van der Waals surface area contributed by atoms with Crippen molar-refractivity contribution in [2.24, 2.45) is 0 Å². The molecule has 1 aliphatic heterocycles. The van der Waals surface area contributed by atoms with Crippen molar-refractivity contribution < 1.29 is 0 Å². The normalized spacial score (nSPS) is 15.5. The molecular formula is C16H20N6. The Balaban J connectivity index is 2.00. The molecule has 0 aliphatic carbocycles. The summed E-state index contributed by atoms with van der Waals surface area (Å²) in [5.74, 6) is 0.714. The van der Waals surface area contributed by atoms with Crippen LogP contribution in [-0.2, 0) is 0 Å². The molecule has 0 bridgehead atoms. The summed E-state index contributed by atoms with van der Waals surface area (Å²) >= 11 is 0. The van der Waals surface area contributed by atoms with E-state index < -0.39 is 0 Å². The van der Waals surface area contributed by atoms with E-state index in [0.29, 0.717) is 11.3 Å². The van der Waals surface area contributed by atoms with Crippen LogP contribution in [0.25, 0.3) is 11.3 Å². The molecular weight excluding hydrogens is 276 g/mol. The van der Waals surface area contributed by atoms with E-state index in [-0.39, 0.29) is 0 Å². The van der Waals surface area contributed by atoms with Gasteiger partial charge in [-0.05, 0) is 19.2 Å². The van der Waals surface area contributed by atoms with Gasteiger partial charge in [-0.15, -0.1) is 0 Å². The van der Waals surface area contributed by atoms with Crippen molar-refractivity contribution in [1.29, 1.82) is 5.41 Å². The standard InChI is InChI=1S/C16H20N6/c1-18-22-14(13-6-4-3-5-7-13)12-19-16(15(22)17)21-10-8-20(2)9-11-21/h3-4,6,12,17-18H,8-11H2,1-2H3. The summed E-state index contributed by atoms with van der Waals surface area (Å²) in [4.78, 5) is 8.99. The zero-order valence-corrected chi connectivity index (χ0v) is 12.9. The maximum absolute atomic E-state index is 8.48. The minimum absolute atomic E-state index is 0.363. The SMILES string of the molecule is CNn1c(-c2c#cccc2)cnc(N2CCN(C)CC2)c1=N. The van der Waals surface area contributed by atoms with Crippen molar-refractivity contribution in [2.75, 3.05) is 50.6 Å². The van der Waals surface area contributed by atoms with Crippen LogP contribution in [0.1, 0.15) is 0 Å². The van der Waals surface area contributed by atoms with Gasteiger partial charge in [-0.25, -0.2) is 9.66 Å². The second kappa shape index (κ2) is 6.08. The summed E-state index contributed by atoms with van der Waals surface area (Å²) in [6.45, 7) is 3.76. The summed E-state index contributed by atoms with van der Waals surface area (Å²) in [5.41, 5.74) is 5.10. The van der Waals surface area contributed by atoms with Gasteiger partial charge in [0.25, 0.3) is 0 Å². The smallest absolute Gasteiger partial charge is 0.187 e. The fraction of sp³-hybridized carbons (Fsp3) is 0.375. The maximum atomic E-state index is 8.48. The zero-order chi connectivity index (χ0) is 15.5. The van der Waals surface area contributed by atoms with Gasteiger partial charge in [0.05, 0.1) is 17.5 Å². The second-order valence-electron chi connectivity index (χ2n) is 5.37. The third-order valence-corrected chi connectivity index (χ3v) is 3.94. The van der Waals surface area contributed by atoms with E-state index in [1.807, 2.05) is 19.2 Å². The van der Waals surface area contributed by atoms with Gasteiger partial charge in [0.2, 0.25) is 0 Å². The predicted molar refractivity (Wildman–Crippen MR) is 86.2 cm³/mol. The molecule has 2 aromatic rings. The molecule has 0 atom stereocenters. The number of piperazine rings is 1. The van der Waals surface area contributed by atoms with Crippen molar-refractivity contribution >= 4 is 5.82 Å². The highest BCUT2D eigenvalue weighted by Gasteiger charge is 2.18. The lowest BCUT2D eigenvalue weighted by molar-refractivity contribution is 0.311. The van der Waals surface area contributed by atoms with E-state index in [4.69, 9.17) is 5.41 Å². The highest BCUT2D eigenvalue weighted by molar-refractivity contribution is 5.58. The molecule has 1 fully saturated rings. The molecule has 2 N–H and O–H groups in total. The second-order valence-corrected chi connectivity index (χ2v) is 5.37. The first kappa shape index (κ1) is 14.4. The van der Waals surface area contributed by atoms with Crippen LogP contribution in [0.4, 0.5) is 5.82 Å². The number of aromatic nitrogens is 2. The lowest BCUT2D eigenvalue weighted by Gasteiger charge is -2.33. The van der Waals surface area contributed by atoms with E-state index >= 15 is 0 Å². The number of rotatable bonds is 3. The highest BCUT2D eigenvalue weighted by atomic mass is 15.4. The lowest BCUT2D eigenvalue weighted by atomic mass is 10.2. The van der Waals surface area contributed by atoms with Crippen LogP contribution in [0.5, 0.6) is 0 Å². The Morgan fingerprint density at radius 3 is 2.68 bits per heavy atom. The maximum Gasteiger partial charge on any atom is 0.187 e. The first-order chi connectivity index (χ1) is 10.7. The molecule has 3 rings (SSSR count). The Hall–Kier alpha value is -2.52. The van der Waals surface area contributed by atoms with Crippen LogP contribution in [0.2, 0.25) is 0 Å². The Kier molecular flexibility index (Phi) is 3.98. The van der Waals surface area contributed by atoms with Crippen LogP contribution < -0.4 is 15.8 Å². The first-order valence-corrected chi connectivity index (χ1v) is 7.37. The van der Waals surface area contributed by atoms with E-state index in [2.05, 4.69) is 39.4 Å². The third kappa shape index (κ3) is 2.63. The molecule has 1 saturated heterocycles. The number of likely N-dealkylation sites (N-methyl/N-ethyl adjacent to an activating group) is 1. The summed E-state index contributed by atoms with van der Waals surface area (Å²) in [6.07, 6.45) is 1.79. The molecule has 1 aromatic carbocycles. The van der Waals surface area contributed by atoms with Crippen molar-refractivity contribution in [2.45, 2.75) is 0 Å². The molecule has 0 amide bonds. The van der Waals surface area contributed by atoms with E-state index in [1.54, 1.807) is 16.9 Å². The Bertz CT molecular complexity index is 686. The van der Waals surface area contributed by atoms with E-state index in [0.717, 1.165) is 37.4 Å². The molecule has 6 nitrogen and oxygen atoms in total. The number of anilines is 1. The van der Waals surface area contributed by atoms with Crippen LogP contribution in [0.15, 0.2) is 24.4 Å². The summed E-state index contributed by atoms with van der Waals surface area (Å²) < 4.78 is 1.74. The number of nitrogens with one attached hydrogen (secondary N) is 2. The van der Waals surface area contributed by atoms with Gasteiger partial charge < -0.3 is 15.2 Å². The molecule has 0 radical (unpaired) electrons. The van der Waals surface area contributed by atoms with Crippen molar-refractivity contribution in [3.63, 3.8) is 0 Å². The average Bonchev–Trinajstić information content (AvgIpc) is 2.56. The minimum Gasteiger partial charge on any atom is -0.351 e. The molecule has 1 aromatic heterocycles. The summed E-state index contributed by atoms with van der Waals surface area (Å²) in [7, 11) is 3.92. The third-order valence-electron chi connectivity index (χ3n) is 3.94. The monoisotopic (exact) mass is 296 g/mol. The molecule has 6 heteroatoms. The fourth-order valence-electron chi connectivity index (χ4n) is 2.64. The van der Waals surface area contributed by atoms with E-state index in [9.17, 15) is 0 Å². The molecule has 22 heavy (non-hydrogen) atoms. The topological polar surface area (TPSA) is 60.2 Å². The quantitative estimate of drug-likeness (QED) is 0.869. The number of hydrogen-bond donors (Lipinski definition) is 2. The van der Waals surface area contributed by atoms with Crippen LogP contribution in [-0.4, -0.2) is 54.8 Å². The van der Waals surface area contributed by atoms with Gasteiger partial charge in [-0.1, -0.05) is 18.2 Å². The zero-order valence-electron chi connectivity index (χ0n) is 12.9. The lowest BCUT2D eigenvalue weighted by Crippen LogP contribution is -2.47. The Labute approximate surface area is 130 Å². The molecule has 0 saturated carbocycles. The van der Waals surface area contributed by atoms with Crippen molar-refractivity contribution in [3.05, 3.63) is 42.0 Å². The van der Waals surface area contributed by atoms with Gasteiger partial charge in [-0.3, -0.25) is 5.41 Å². The average molecular weight is 296 g/mol. The molecule has 114 valence electrons. The van der Waals surface area contributed by atoms with Crippen LogP contribution in [0.3, 0.4) is 0 Å². The first-order valence-electron chi connectivity index (χ1n) is 7.37. The number of nitrogens with zero attached hydrogens (tertiary/aromatic N) is 4. The predicted octanol–water partition coefficient (Wildman–Crippen LogP) is 0.555. The highest BCUT2D eigenvalue weighted by Crippen LogP contribution is 2.16. The Morgan fingerprint density at radius 2 is 2.05 bits per heavy atom. The van der Waals surface area contributed by atoms with Gasteiger partial charge in [0.15, 0.2) is 11.3 Å². The molecule has 2 heterocycles. The fourth-order valence-corrected chi connectivity index (χ4v) is 2.64. The van der Waals surface area contributed by atoms with Crippen molar-refractivity contribution in [3.8, 4) is 11.3 Å². The molecule has 0 spiro atoms. The summed E-state index contributed by atoms with van der Waals surface area (Å²) in [5, 5.41) is 8.48. The van der Waals surface area contributed by atoms with Crippen LogP contribution >= 0.6 is 0 Å². The van der Waals surface area contributed by atoms with Crippen molar-refractivity contribution in [1.82, 2.24) is 14.6 Å². The van der Waals surface area contributed by atoms with E-state index in [1.165, 1.54) is 0 Å². The van der Waals surface area contributed by atoms with Gasteiger partial charge in [-0.2, -0.15) is 0 Å².